The molecule has 0 aromatic rings. The molecule has 0 aromatic heterocycles. The minimum Gasteiger partial charge on any atom is -0.302 e. The molecule has 0 spiro atoms. The Kier molecular flexibility index (Phi) is 1.47. The molecule has 0 radical (unpaired) electrons. The largest absolute Gasteiger partial charge is 0.302 e. The van der Waals surface area contributed by atoms with Crippen LogP contribution in [0, 0.1) is 0 Å². The van der Waals surface area contributed by atoms with E-state index in [1.807, 2.05) is 29.3 Å². The first-order valence-corrected chi connectivity index (χ1v) is 3.86. The van der Waals surface area contributed by atoms with Gasteiger partial charge in [0.2, 0.25) is 0 Å². The first kappa shape index (κ1) is 7.10. The molecule has 0 N–H and O–H groups in total. The predicted molar refractivity (Wildman–Crippen MR) is 50.5 cm³/mol. The van der Waals surface area contributed by atoms with Crippen LogP contribution in [0.25, 0.3) is 0 Å². The third kappa shape index (κ3) is 1.01. The summed E-state index contributed by atoms with van der Waals surface area (Å²) in [5.41, 5.74) is 2.17. The van der Waals surface area contributed by atoms with Gasteiger partial charge in [0.05, 0.1) is 0 Å². The van der Waals surface area contributed by atoms with Crippen molar-refractivity contribution >= 4 is 5.84 Å². The number of allylic oxidation sites excluding steroid dienone is 3. The van der Waals surface area contributed by atoms with E-state index >= 15 is 0 Å². The van der Waals surface area contributed by atoms with Gasteiger partial charge in [-0.25, -0.2) is 4.99 Å². The van der Waals surface area contributed by atoms with Gasteiger partial charge >= 0.3 is 0 Å². The van der Waals surface area contributed by atoms with E-state index < -0.39 is 0 Å². The highest BCUT2D eigenvalue weighted by Crippen LogP contribution is 2.17. The Bertz CT molecular complexity index is 343. The summed E-state index contributed by atoms with van der Waals surface area (Å²) in [6, 6.07) is 0. The summed E-state index contributed by atoms with van der Waals surface area (Å²) in [5.74, 6) is 0.947. The summed E-state index contributed by atoms with van der Waals surface area (Å²) in [5, 5.41) is 0. The van der Waals surface area contributed by atoms with E-state index in [1.54, 1.807) is 6.20 Å². The van der Waals surface area contributed by atoms with Gasteiger partial charge in [-0.1, -0.05) is 6.58 Å². The maximum Gasteiger partial charge on any atom is 0.137 e. The lowest BCUT2D eigenvalue weighted by atomic mass is 10.2. The number of amidine groups is 1. The molecular weight excluding hydrogens is 148 g/mol. The maximum absolute atomic E-state index is 4.23. The second kappa shape index (κ2) is 2.48. The van der Waals surface area contributed by atoms with Crippen molar-refractivity contribution in [1.82, 2.24) is 4.90 Å². The summed E-state index contributed by atoms with van der Waals surface area (Å²) in [6.07, 6.45) is 9.73. The van der Waals surface area contributed by atoms with Crippen LogP contribution >= 0.6 is 0 Å². The molecule has 2 nitrogen and oxygen atoms in total. The molecule has 60 valence electrons. The smallest absolute Gasteiger partial charge is 0.137 e. The van der Waals surface area contributed by atoms with Crippen molar-refractivity contribution in [3.63, 3.8) is 0 Å². The van der Waals surface area contributed by atoms with E-state index in [1.165, 1.54) is 5.57 Å². The van der Waals surface area contributed by atoms with E-state index in [0.29, 0.717) is 0 Å². The average molecular weight is 158 g/mol. The number of nitrogens with zero attached hydrogens (tertiary/aromatic N) is 2. The van der Waals surface area contributed by atoms with Gasteiger partial charge in [0, 0.05) is 18.1 Å². The van der Waals surface area contributed by atoms with Crippen molar-refractivity contribution in [2.75, 3.05) is 0 Å². The third-order valence-corrected chi connectivity index (χ3v) is 1.87. The number of hydrogen-bond acceptors (Lipinski definition) is 2. The molecule has 2 aliphatic heterocycles. The number of aliphatic imine (C=N–C) groups is 1. The zero-order valence-electron chi connectivity index (χ0n) is 6.99. The maximum atomic E-state index is 4.23. The highest BCUT2D eigenvalue weighted by atomic mass is 15.2. The molecule has 2 rings (SSSR count). The number of fused-ring (bicyclic) bond motifs is 1. The normalized spacial score (nSPS) is 20.4. The molecule has 0 saturated heterocycles. The van der Waals surface area contributed by atoms with Crippen LogP contribution in [0.5, 0.6) is 0 Å². The minimum atomic E-state index is 0.947. The van der Waals surface area contributed by atoms with Crippen molar-refractivity contribution in [2.45, 2.75) is 6.92 Å². The van der Waals surface area contributed by atoms with Crippen molar-refractivity contribution in [1.29, 1.82) is 0 Å². The summed E-state index contributed by atoms with van der Waals surface area (Å²) >= 11 is 0. The summed E-state index contributed by atoms with van der Waals surface area (Å²) in [4.78, 5) is 6.19. The zero-order chi connectivity index (χ0) is 8.55. The number of rotatable bonds is 0. The second-order valence-corrected chi connectivity index (χ2v) is 2.87. The fourth-order valence-electron chi connectivity index (χ4n) is 1.21. The lowest BCUT2D eigenvalue weighted by Crippen LogP contribution is -2.25. The molecular formula is C10H10N2. The average Bonchev–Trinajstić information content (AvgIpc) is 2.04. The molecule has 0 fully saturated rings. The molecule has 12 heavy (non-hydrogen) atoms. The molecule has 0 aliphatic carbocycles. The van der Waals surface area contributed by atoms with Crippen LogP contribution in [0.4, 0.5) is 0 Å². The van der Waals surface area contributed by atoms with Crippen LogP contribution in [-0.2, 0) is 0 Å². The molecule has 2 heterocycles. The third-order valence-electron chi connectivity index (χ3n) is 1.87. The van der Waals surface area contributed by atoms with E-state index in [-0.39, 0.29) is 0 Å². The van der Waals surface area contributed by atoms with E-state index in [9.17, 15) is 0 Å². The summed E-state index contributed by atoms with van der Waals surface area (Å²) in [6.45, 7) is 5.95. The standard InChI is InChI=1S/C10H10N2/c1-8-4-6-12-9(2)3-5-11-10(12)7-8/h3-7H,2H2,1H3. The van der Waals surface area contributed by atoms with Crippen molar-refractivity contribution < 1.29 is 0 Å². The fourth-order valence-corrected chi connectivity index (χ4v) is 1.21. The van der Waals surface area contributed by atoms with E-state index in [4.69, 9.17) is 0 Å². The predicted octanol–water partition coefficient (Wildman–Crippen LogP) is 2.20. The van der Waals surface area contributed by atoms with Crippen LogP contribution < -0.4 is 0 Å². The Morgan fingerprint density at radius 1 is 1.42 bits per heavy atom. The van der Waals surface area contributed by atoms with Crippen LogP contribution in [0.2, 0.25) is 0 Å². The van der Waals surface area contributed by atoms with Crippen LogP contribution in [-0.4, -0.2) is 10.7 Å². The van der Waals surface area contributed by atoms with Crippen LogP contribution in [0.15, 0.2) is 53.5 Å². The second-order valence-electron chi connectivity index (χ2n) is 2.87. The summed E-state index contributed by atoms with van der Waals surface area (Å²) in [7, 11) is 0. The molecule has 2 heteroatoms. The Labute approximate surface area is 71.9 Å². The Hall–Kier alpha value is -1.57. The van der Waals surface area contributed by atoms with Crippen molar-refractivity contribution in [2.24, 2.45) is 4.99 Å². The van der Waals surface area contributed by atoms with Gasteiger partial charge in [0.25, 0.3) is 0 Å². The molecule has 0 amide bonds. The highest BCUT2D eigenvalue weighted by Gasteiger charge is 2.13. The Morgan fingerprint density at radius 3 is 3.08 bits per heavy atom. The van der Waals surface area contributed by atoms with Crippen LogP contribution in [0.1, 0.15) is 6.92 Å². The first-order valence-electron chi connectivity index (χ1n) is 3.86. The van der Waals surface area contributed by atoms with Gasteiger partial charge in [-0.15, -0.1) is 0 Å². The van der Waals surface area contributed by atoms with Gasteiger partial charge in [-0.05, 0) is 30.7 Å². The molecule has 0 unspecified atom stereocenters. The molecule has 0 saturated carbocycles. The Morgan fingerprint density at radius 2 is 2.25 bits per heavy atom. The van der Waals surface area contributed by atoms with Crippen molar-refractivity contribution in [3.05, 3.63) is 48.5 Å². The minimum absolute atomic E-state index is 0.947. The van der Waals surface area contributed by atoms with Gasteiger partial charge < -0.3 is 4.90 Å². The SMILES string of the molecule is C=C1C=CN=C2C=C(C)C=CN12. The summed E-state index contributed by atoms with van der Waals surface area (Å²) < 4.78 is 0. The highest BCUT2D eigenvalue weighted by molar-refractivity contribution is 5.98. The van der Waals surface area contributed by atoms with Gasteiger partial charge in [0.15, 0.2) is 0 Å². The topological polar surface area (TPSA) is 15.6 Å². The van der Waals surface area contributed by atoms with Gasteiger partial charge in [-0.2, -0.15) is 0 Å². The van der Waals surface area contributed by atoms with E-state index in [2.05, 4.69) is 18.5 Å². The van der Waals surface area contributed by atoms with Crippen LogP contribution in [0.3, 0.4) is 0 Å². The van der Waals surface area contributed by atoms with E-state index in [0.717, 1.165) is 11.5 Å². The first-order chi connectivity index (χ1) is 5.77. The fraction of sp³-hybridized carbons (Fsp3) is 0.100. The van der Waals surface area contributed by atoms with Crippen molar-refractivity contribution in [3.8, 4) is 0 Å². The zero-order valence-corrected chi connectivity index (χ0v) is 6.99. The lowest BCUT2D eigenvalue weighted by molar-refractivity contribution is 0.705. The molecule has 2 aliphatic rings. The quantitative estimate of drug-likeness (QED) is 0.527. The molecule has 0 aromatic carbocycles. The molecule has 0 bridgehead atoms. The monoisotopic (exact) mass is 158 g/mol. The molecule has 0 atom stereocenters. The number of hydrogen-bond donors (Lipinski definition) is 0. The van der Waals surface area contributed by atoms with Gasteiger partial charge in [0.1, 0.15) is 5.84 Å². The van der Waals surface area contributed by atoms with Gasteiger partial charge in [-0.3, -0.25) is 0 Å². The Balaban J connectivity index is 2.43. The lowest BCUT2D eigenvalue weighted by Gasteiger charge is -2.25.